The van der Waals surface area contributed by atoms with Gasteiger partial charge in [0.1, 0.15) is 11.6 Å². The summed E-state index contributed by atoms with van der Waals surface area (Å²) >= 11 is 6.29. The summed E-state index contributed by atoms with van der Waals surface area (Å²) in [4.78, 5) is 21.9. The Morgan fingerprint density at radius 2 is 2.06 bits per heavy atom. The molecule has 3 aromatic rings. The molecule has 0 saturated carbocycles. The van der Waals surface area contributed by atoms with Crippen molar-refractivity contribution in [1.82, 2.24) is 24.8 Å². The zero-order valence-corrected chi connectivity index (χ0v) is 20.1. The molecule has 0 spiro atoms. The standard InChI is InChI=1S/C22H22ClN7O4S/c23-13-11-24-29-19(13)20-18-14(4-3-5-16(18)31)25-21(27-20)28-22-26-15-10-12(6-7-17(15)34-22)35(32,33)30-8-1-2-9-30/h6-7,10-11,20H,1-5,8-9H2,(H3-,24,25,26,27,28,29,31,32,33). The summed E-state index contributed by atoms with van der Waals surface area (Å²) in [6.07, 6.45) is 5.08. The van der Waals surface area contributed by atoms with Gasteiger partial charge in [0.2, 0.25) is 5.96 Å². The van der Waals surface area contributed by atoms with Crippen molar-refractivity contribution >= 4 is 50.9 Å². The first-order valence-electron chi connectivity index (χ1n) is 11.4. The first-order chi connectivity index (χ1) is 16.9. The number of hydrogen-bond acceptors (Lipinski definition) is 9. The number of H-pyrrole nitrogens is 1. The van der Waals surface area contributed by atoms with E-state index in [9.17, 15) is 13.6 Å². The first kappa shape index (κ1) is 22.4. The molecule has 1 fully saturated rings. The van der Waals surface area contributed by atoms with Crippen LogP contribution in [0.15, 0.2) is 50.0 Å². The number of allylic oxidation sites excluding steroid dienone is 1. The normalized spacial score (nSPS) is 22.6. The maximum Gasteiger partial charge on any atom is 0.302 e. The van der Waals surface area contributed by atoms with Gasteiger partial charge in [-0.1, -0.05) is 15.8 Å². The number of rotatable bonds is 4. The summed E-state index contributed by atoms with van der Waals surface area (Å²) in [5.41, 5.74) is 2.71. The van der Waals surface area contributed by atoms with Crippen molar-refractivity contribution in [3.8, 4) is 0 Å². The highest BCUT2D eigenvalue weighted by atomic mass is 35.5. The van der Waals surface area contributed by atoms with Crippen LogP contribution in [0.4, 0.5) is 6.01 Å². The van der Waals surface area contributed by atoms with Crippen LogP contribution in [0.25, 0.3) is 11.1 Å². The number of benzene rings is 1. The van der Waals surface area contributed by atoms with E-state index in [0.29, 0.717) is 59.3 Å². The quantitative estimate of drug-likeness (QED) is 0.447. The molecule has 2 unspecified atom stereocenters. The molecule has 35 heavy (non-hydrogen) atoms. The third kappa shape index (κ3) is 3.96. The molecule has 3 aliphatic rings. The van der Waals surface area contributed by atoms with Crippen molar-refractivity contribution in [2.45, 2.75) is 43.0 Å². The fourth-order valence-corrected chi connectivity index (χ4v) is 6.46. The number of guanidine groups is 1. The van der Waals surface area contributed by atoms with E-state index in [1.807, 2.05) is 0 Å². The molecule has 0 bridgehead atoms. The van der Waals surface area contributed by atoms with E-state index < -0.39 is 16.4 Å². The van der Waals surface area contributed by atoms with Gasteiger partial charge < -0.3 is 14.3 Å². The van der Waals surface area contributed by atoms with Gasteiger partial charge in [-0.15, -0.1) is 4.31 Å². The Bertz CT molecular complexity index is 1440. The van der Waals surface area contributed by atoms with Crippen molar-refractivity contribution in [1.29, 1.82) is 0 Å². The molecule has 4 heterocycles. The Labute approximate surface area is 206 Å². The number of hydrogen-bond donors (Lipinski definition) is 3. The molecule has 13 heteroatoms. The van der Waals surface area contributed by atoms with Crippen molar-refractivity contribution < 1.29 is 18.0 Å². The minimum absolute atomic E-state index is 0.0193. The van der Waals surface area contributed by atoms with Crippen LogP contribution in [0, 0.1) is 0 Å². The molecule has 6 rings (SSSR count). The molecular formula is C22H22ClN7O4S. The Hall–Kier alpha value is -3.06. The first-order valence-corrected chi connectivity index (χ1v) is 13.2. The molecule has 0 radical (unpaired) electrons. The summed E-state index contributed by atoms with van der Waals surface area (Å²) in [6, 6.07) is 4.14. The Kier molecular flexibility index (Phi) is 5.48. The lowest BCUT2D eigenvalue weighted by molar-refractivity contribution is -0.116. The van der Waals surface area contributed by atoms with Gasteiger partial charge in [0.15, 0.2) is 26.7 Å². The van der Waals surface area contributed by atoms with Gasteiger partial charge >= 0.3 is 6.01 Å². The summed E-state index contributed by atoms with van der Waals surface area (Å²) in [7, 11) is -3.57. The fourth-order valence-electron chi connectivity index (χ4n) is 4.73. The van der Waals surface area contributed by atoms with Crippen LogP contribution >= 0.6 is 11.6 Å². The molecule has 1 aliphatic carbocycles. The van der Waals surface area contributed by atoms with Gasteiger partial charge in [-0.05, 0) is 37.8 Å². The number of carbonyl (C=O) groups is 1. The predicted octanol–water partition coefficient (Wildman–Crippen LogP) is 3.32. The van der Waals surface area contributed by atoms with E-state index in [0.717, 1.165) is 25.0 Å². The summed E-state index contributed by atoms with van der Waals surface area (Å²) < 4.78 is 33.1. The van der Waals surface area contributed by atoms with Gasteiger partial charge in [0.25, 0.3) is 0 Å². The number of nitrogens with zero attached hydrogens (tertiary/aromatic N) is 4. The number of aliphatic imine (C=N–C) groups is 1. The third-order valence-electron chi connectivity index (χ3n) is 6.44. The number of ketones is 1. The average molecular weight is 516 g/mol. The zero-order valence-electron chi connectivity index (χ0n) is 18.5. The SMILES string of the molecule is O=C1CCCC2=C1C(c1[nH]ncc1Cl)N=C(Nc1nc3cc([S+](=O)([O-])N4CCCC4)ccc3o1)N2. The highest BCUT2D eigenvalue weighted by Gasteiger charge is 2.35. The predicted molar refractivity (Wildman–Crippen MR) is 128 cm³/mol. The van der Waals surface area contributed by atoms with Gasteiger partial charge in [-0.25, -0.2) is 4.99 Å². The van der Waals surface area contributed by atoms with E-state index >= 15 is 0 Å². The minimum Gasteiger partial charge on any atom is -0.593 e. The molecule has 2 aromatic heterocycles. The van der Waals surface area contributed by atoms with Crippen LogP contribution < -0.4 is 10.6 Å². The van der Waals surface area contributed by atoms with Crippen LogP contribution in [0.3, 0.4) is 0 Å². The van der Waals surface area contributed by atoms with E-state index in [-0.39, 0.29) is 16.7 Å². The number of halogens is 1. The van der Waals surface area contributed by atoms with Gasteiger partial charge in [0, 0.05) is 36.8 Å². The van der Waals surface area contributed by atoms with Crippen LogP contribution in [0.1, 0.15) is 43.8 Å². The topological polar surface area (TPSA) is 152 Å². The molecule has 11 nitrogen and oxygen atoms in total. The molecule has 1 saturated heterocycles. The number of sulfonamides is 1. The van der Waals surface area contributed by atoms with Crippen LogP contribution in [0.5, 0.6) is 0 Å². The minimum atomic E-state index is -3.57. The van der Waals surface area contributed by atoms with Gasteiger partial charge in [-0.2, -0.15) is 10.1 Å². The molecule has 0 amide bonds. The lowest BCUT2D eigenvalue weighted by atomic mass is 9.88. The molecule has 1 aromatic carbocycles. The highest BCUT2D eigenvalue weighted by molar-refractivity contribution is 7.95. The maximum absolute atomic E-state index is 12.9. The largest absolute Gasteiger partial charge is 0.593 e. The van der Waals surface area contributed by atoms with E-state index in [4.69, 9.17) is 16.0 Å². The van der Waals surface area contributed by atoms with Gasteiger partial charge in [-0.3, -0.25) is 15.2 Å². The number of aromatic nitrogens is 3. The second-order valence-corrected chi connectivity index (χ2v) is 11.0. The Balaban J connectivity index is 1.30. The van der Waals surface area contributed by atoms with E-state index in [1.54, 1.807) is 6.07 Å². The molecule has 2 aliphatic heterocycles. The number of nitrogens with one attached hydrogen (secondary N) is 3. The number of fused-ring (bicyclic) bond motifs is 1. The lowest BCUT2D eigenvalue weighted by Crippen LogP contribution is -2.38. The van der Waals surface area contributed by atoms with Gasteiger partial charge in [0.05, 0.1) is 16.9 Å². The molecule has 182 valence electrons. The number of anilines is 1. The van der Waals surface area contributed by atoms with E-state index in [1.165, 1.54) is 22.6 Å². The third-order valence-corrected chi connectivity index (χ3v) is 8.63. The highest BCUT2D eigenvalue weighted by Crippen LogP contribution is 2.38. The van der Waals surface area contributed by atoms with Crippen molar-refractivity contribution in [2.24, 2.45) is 4.99 Å². The summed E-state index contributed by atoms with van der Waals surface area (Å²) in [6.45, 7) is 1.05. The molecule has 2 atom stereocenters. The maximum atomic E-state index is 12.9. The summed E-state index contributed by atoms with van der Waals surface area (Å²) in [5.74, 6) is 0.358. The summed E-state index contributed by atoms with van der Waals surface area (Å²) in [5, 5.41) is 13.4. The Morgan fingerprint density at radius 3 is 2.83 bits per heavy atom. The average Bonchev–Trinajstić information content (AvgIpc) is 3.59. The zero-order chi connectivity index (χ0) is 24.2. The van der Waals surface area contributed by atoms with Crippen LogP contribution in [0.2, 0.25) is 5.02 Å². The second kappa shape index (κ2) is 8.55. The molecule has 3 N–H and O–H groups in total. The number of aromatic amines is 1. The number of Topliss-reactive ketones (excluding diaryl/α,β-unsaturated/α-hetero) is 1. The Morgan fingerprint density at radius 1 is 1.23 bits per heavy atom. The van der Waals surface area contributed by atoms with Crippen molar-refractivity contribution in [3.05, 3.63) is 46.4 Å². The lowest BCUT2D eigenvalue weighted by Gasteiger charge is -2.29. The van der Waals surface area contributed by atoms with Crippen molar-refractivity contribution in [2.75, 3.05) is 18.4 Å². The second-order valence-electron chi connectivity index (χ2n) is 8.69. The van der Waals surface area contributed by atoms with Crippen LogP contribution in [-0.2, 0) is 19.4 Å². The smallest absolute Gasteiger partial charge is 0.302 e. The monoisotopic (exact) mass is 515 g/mol. The molecular weight excluding hydrogens is 494 g/mol. The van der Waals surface area contributed by atoms with E-state index in [2.05, 4.69) is 30.8 Å². The number of carbonyl (C=O) groups excluding carboxylic acids is 1. The number of oxazole rings is 1. The van der Waals surface area contributed by atoms with Crippen molar-refractivity contribution in [3.63, 3.8) is 0 Å². The fraction of sp³-hybridized carbons (Fsp3) is 0.364. The van der Waals surface area contributed by atoms with Crippen LogP contribution in [-0.4, -0.2) is 48.9 Å².